The molecule has 2 aliphatic rings. The summed E-state index contributed by atoms with van der Waals surface area (Å²) >= 11 is 3.44. The quantitative estimate of drug-likeness (QED) is 0.880. The molecule has 0 radical (unpaired) electrons. The van der Waals surface area contributed by atoms with Crippen LogP contribution in [0.25, 0.3) is 0 Å². The van der Waals surface area contributed by atoms with Crippen LogP contribution in [0.3, 0.4) is 0 Å². The number of morpholine rings is 1. The third-order valence-corrected chi connectivity index (χ3v) is 5.02. The second kappa shape index (κ2) is 7.18. The molecule has 3 unspecified atom stereocenters. The van der Waals surface area contributed by atoms with Gasteiger partial charge in [0.05, 0.1) is 12.7 Å². The standard InChI is InChI=1S/C16H24BrN3O/c1-2-18-15(8-13-6-5-12(17)9-19-13)16-10-20-7-3-4-14(20)11-21-16/h5-6,9,14-16,18H,2-4,7-8,10-11H2,1H3. The van der Waals surface area contributed by atoms with E-state index in [0.29, 0.717) is 12.1 Å². The number of ether oxygens (including phenoxy) is 1. The molecule has 0 aliphatic carbocycles. The highest BCUT2D eigenvalue weighted by Gasteiger charge is 2.35. The van der Waals surface area contributed by atoms with Gasteiger partial charge in [-0.3, -0.25) is 9.88 Å². The molecule has 1 aromatic rings. The second-order valence-corrected chi connectivity index (χ2v) is 6.91. The highest BCUT2D eigenvalue weighted by atomic mass is 79.9. The van der Waals surface area contributed by atoms with E-state index in [0.717, 1.165) is 36.3 Å². The fourth-order valence-corrected chi connectivity index (χ4v) is 3.67. The van der Waals surface area contributed by atoms with Crippen molar-refractivity contribution in [3.8, 4) is 0 Å². The number of fused-ring (bicyclic) bond motifs is 1. The SMILES string of the molecule is CCNC(Cc1ccc(Br)cn1)C1CN2CCCC2CO1. The number of pyridine rings is 1. The van der Waals surface area contributed by atoms with Crippen LogP contribution in [0, 0.1) is 0 Å². The number of hydrogen-bond acceptors (Lipinski definition) is 4. The summed E-state index contributed by atoms with van der Waals surface area (Å²) < 4.78 is 7.19. The normalized spacial score (nSPS) is 27.5. The molecule has 5 heteroatoms. The third-order valence-electron chi connectivity index (χ3n) is 4.55. The Hall–Kier alpha value is -0.490. The zero-order valence-corrected chi connectivity index (χ0v) is 14.2. The van der Waals surface area contributed by atoms with Gasteiger partial charge in [-0.1, -0.05) is 6.92 Å². The summed E-state index contributed by atoms with van der Waals surface area (Å²) in [4.78, 5) is 7.11. The minimum atomic E-state index is 0.268. The van der Waals surface area contributed by atoms with E-state index < -0.39 is 0 Å². The summed E-state index contributed by atoms with van der Waals surface area (Å²) in [6, 6.07) is 5.15. The Kier molecular flexibility index (Phi) is 5.27. The van der Waals surface area contributed by atoms with Crippen molar-refractivity contribution in [2.45, 2.75) is 44.4 Å². The predicted octanol–water partition coefficient (Wildman–Crippen LogP) is 2.23. The lowest BCUT2D eigenvalue weighted by Crippen LogP contribution is -2.54. The van der Waals surface area contributed by atoms with Crippen molar-refractivity contribution >= 4 is 15.9 Å². The van der Waals surface area contributed by atoms with Crippen LogP contribution in [-0.2, 0) is 11.2 Å². The Morgan fingerprint density at radius 1 is 1.52 bits per heavy atom. The molecule has 2 fully saturated rings. The first-order chi connectivity index (χ1) is 10.3. The van der Waals surface area contributed by atoms with Gasteiger partial charge in [0.15, 0.2) is 0 Å². The Bertz CT molecular complexity index is 453. The van der Waals surface area contributed by atoms with Gasteiger partial charge in [-0.15, -0.1) is 0 Å². The summed E-state index contributed by atoms with van der Waals surface area (Å²) in [5, 5.41) is 3.59. The molecule has 0 bridgehead atoms. The molecule has 1 aromatic heterocycles. The maximum atomic E-state index is 6.16. The lowest BCUT2D eigenvalue weighted by molar-refractivity contribution is -0.0643. The first kappa shape index (κ1) is 15.4. The summed E-state index contributed by atoms with van der Waals surface area (Å²) in [6.07, 6.45) is 5.68. The van der Waals surface area contributed by atoms with E-state index in [4.69, 9.17) is 4.74 Å². The fraction of sp³-hybridized carbons (Fsp3) is 0.688. The van der Waals surface area contributed by atoms with Crippen molar-refractivity contribution in [3.05, 3.63) is 28.5 Å². The van der Waals surface area contributed by atoms with Gasteiger partial charge in [0, 0.05) is 41.4 Å². The Morgan fingerprint density at radius 3 is 3.19 bits per heavy atom. The Labute approximate surface area is 135 Å². The summed E-state index contributed by atoms with van der Waals surface area (Å²) in [5.41, 5.74) is 1.12. The molecule has 2 saturated heterocycles. The number of aromatic nitrogens is 1. The second-order valence-electron chi connectivity index (χ2n) is 6.00. The van der Waals surface area contributed by atoms with E-state index in [9.17, 15) is 0 Å². The van der Waals surface area contributed by atoms with Gasteiger partial charge in [-0.25, -0.2) is 0 Å². The van der Waals surface area contributed by atoms with Gasteiger partial charge in [0.2, 0.25) is 0 Å². The first-order valence-electron chi connectivity index (χ1n) is 7.95. The highest BCUT2D eigenvalue weighted by molar-refractivity contribution is 9.10. The van der Waals surface area contributed by atoms with Crippen molar-refractivity contribution < 1.29 is 4.74 Å². The van der Waals surface area contributed by atoms with Gasteiger partial charge in [0.25, 0.3) is 0 Å². The fourth-order valence-electron chi connectivity index (χ4n) is 3.44. The zero-order chi connectivity index (χ0) is 14.7. The Balaban J connectivity index is 1.64. The van der Waals surface area contributed by atoms with E-state index >= 15 is 0 Å². The van der Waals surface area contributed by atoms with Gasteiger partial charge >= 0.3 is 0 Å². The lowest BCUT2D eigenvalue weighted by Gasteiger charge is -2.39. The molecule has 0 amide bonds. The number of rotatable bonds is 5. The van der Waals surface area contributed by atoms with Gasteiger partial charge in [0.1, 0.15) is 0 Å². The number of nitrogens with zero attached hydrogens (tertiary/aromatic N) is 2. The molecule has 1 N–H and O–H groups in total. The molecular formula is C16H24BrN3O. The maximum absolute atomic E-state index is 6.16. The van der Waals surface area contributed by atoms with Crippen LogP contribution < -0.4 is 5.32 Å². The molecule has 3 heterocycles. The van der Waals surface area contributed by atoms with Crippen LogP contribution >= 0.6 is 15.9 Å². The summed E-state index contributed by atoms with van der Waals surface area (Å²) in [6.45, 7) is 6.30. The molecule has 2 aliphatic heterocycles. The zero-order valence-electron chi connectivity index (χ0n) is 12.6. The van der Waals surface area contributed by atoms with Gasteiger partial charge in [-0.05, 0) is 54.0 Å². The number of likely N-dealkylation sites (N-methyl/N-ethyl adjacent to an activating group) is 1. The molecular weight excluding hydrogens is 330 g/mol. The molecule has 0 saturated carbocycles. The minimum absolute atomic E-state index is 0.268. The number of halogens is 1. The van der Waals surface area contributed by atoms with E-state index in [1.54, 1.807) is 0 Å². The molecule has 116 valence electrons. The summed E-state index contributed by atoms with van der Waals surface area (Å²) in [7, 11) is 0. The summed E-state index contributed by atoms with van der Waals surface area (Å²) in [5.74, 6) is 0. The maximum Gasteiger partial charge on any atom is 0.0859 e. The Morgan fingerprint density at radius 2 is 2.43 bits per heavy atom. The molecule has 0 aromatic carbocycles. The van der Waals surface area contributed by atoms with Crippen molar-refractivity contribution in [1.29, 1.82) is 0 Å². The van der Waals surface area contributed by atoms with E-state index in [1.165, 1.54) is 19.4 Å². The average molecular weight is 354 g/mol. The molecule has 21 heavy (non-hydrogen) atoms. The van der Waals surface area contributed by atoms with Crippen LogP contribution in [0.15, 0.2) is 22.8 Å². The monoisotopic (exact) mass is 353 g/mol. The van der Waals surface area contributed by atoms with E-state index in [2.05, 4.69) is 50.2 Å². The minimum Gasteiger partial charge on any atom is -0.374 e. The number of nitrogens with one attached hydrogen (secondary N) is 1. The van der Waals surface area contributed by atoms with Crippen molar-refractivity contribution in [2.75, 3.05) is 26.2 Å². The largest absolute Gasteiger partial charge is 0.374 e. The van der Waals surface area contributed by atoms with E-state index in [-0.39, 0.29) is 6.10 Å². The third kappa shape index (κ3) is 3.83. The smallest absolute Gasteiger partial charge is 0.0859 e. The first-order valence-corrected chi connectivity index (χ1v) is 8.75. The predicted molar refractivity (Wildman–Crippen MR) is 87.4 cm³/mol. The van der Waals surface area contributed by atoms with Crippen LogP contribution in [0.1, 0.15) is 25.5 Å². The van der Waals surface area contributed by atoms with Crippen LogP contribution in [-0.4, -0.2) is 54.3 Å². The molecule has 3 atom stereocenters. The van der Waals surface area contributed by atoms with E-state index in [1.807, 2.05) is 6.20 Å². The number of hydrogen-bond donors (Lipinski definition) is 1. The van der Waals surface area contributed by atoms with Gasteiger partial charge < -0.3 is 10.1 Å². The van der Waals surface area contributed by atoms with Crippen LogP contribution in [0.2, 0.25) is 0 Å². The topological polar surface area (TPSA) is 37.4 Å². The lowest BCUT2D eigenvalue weighted by atomic mass is 10.0. The van der Waals surface area contributed by atoms with Crippen molar-refractivity contribution in [1.82, 2.24) is 15.2 Å². The van der Waals surface area contributed by atoms with Gasteiger partial charge in [-0.2, -0.15) is 0 Å². The highest BCUT2D eigenvalue weighted by Crippen LogP contribution is 2.24. The van der Waals surface area contributed by atoms with Crippen LogP contribution in [0.4, 0.5) is 0 Å². The molecule has 3 rings (SSSR count). The van der Waals surface area contributed by atoms with Crippen LogP contribution in [0.5, 0.6) is 0 Å². The van der Waals surface area contributed by atoms with Crippen molar-refractivity contribution in [3.63, 3.8) is 0 Å². The molecule has 4 nitrogen and oxygen atoms in total. The van der Waals surface area contributed by atoms with Crippen molar-refractivity contribution in [2.24, 2.45) is 0 Å². The molecule has 0 spiro atoms. The average Bonchev–Trinajstić information content (AvgIpc) is 2.96.